The van der Waals surface area contributed by atoms with Gasteiger partial charge in [0.05, 0.1) is 19.3 Å². The van der Waals surface area contributed by atoms with Gasteiger partial charge in [0.2, 0.25) is 0 Å². The molecule has 94 valence electrons. The van der Waals surface area contributed by atoms with Crippen LogP contribution >= 0.6 is 0 Å². The van der Waals surface area contributed by atoms with Crippen LogP contribution in [0, 0.1) is 0 Å². The van der Waals surface area contributed by atoms with Crippen LogP contribution in [0.3, 0.4) is 0 Å². The second-order valence-electron chi connectivity index (χ2n) is 4.11. The van der Waals surface area contributed by atoms with Gasteiger partial charge in [-0.1, -0.05) is 6.07 Å². The number of rotatable bonds is 4. The summed E-state index contributed by atoms with van der Waals surface area (Å²) in [6.45, 7) is 0.720. The minimum absolute atomic E-state index is 0.552. The van der Waals surface area contributed by atoms with Gasteiger partial charge in [0.25, 0.3) is 0 Å². The van der Waals surface area contributed by atoms with Crippen LogP contribution in [-0.4, -0.2) is 19.1 Å². The van der Waals surface area contributed by atoms with Crippen molar-refractivity contribution in [2.45, 2.75) is 6.54 Å². The quantitative estimate of drug-likeness (QED) is 0.895. The molecule has 0 aliphatic carbocycles. The Labute approximate surface area is 107 Å². The van der Waals surface area contributed by atoms with Crippen molar-refractivity contribution in [2.24, 2.45) is 0 Å². The molecule has 1 aromatic heterocycles. The summed E-state index contributed by atoms with van der Waals surface area (Å²) in [6.07, 6.45) is 0. The maximum atomic E-state index is 5.66. The van der Waals surface area contributed by atoms with Crippen molar-refractivity contribution < 1.29 is 4.74 Å². The first-order chi connectivity index (χ1) is 8.69. The van der Waals surface area contributed by atoms with Gasteiger partial charge in [0.1, 0.15) is 11.6 Å². The molecule has 18 heavy (non-hydrogen) atoms. The van der Waals surface area contributed by atoms with E-state index in [1.54, 1.807) is 13.2 Å². The maximum Gasteiger partial charge on any atom is 0.123 e. The smallest absolute Gasteiger partial charge is 0.123 e. The molecule has 0 saturated heterocycles. The van der Waals surface area contributed by atoms with Crippen molar-refractivity contribution in [3.63, 3.8) is 0 Å². The lowest BCUT2D eigenvalue weighted by Crippen LogP contribution is -2.17. The van der Waals surface area contributed by atoms with Gasteiger partial charge >= 0.3 is 0 Å². The molecule has 0 amide bonds. The molecule has 0 aliphatic rings. The van der Waals surface area contributed by atoms with Gasteiger partial charge in [-0.2, -0.15) is 0 Å². The zero-order valence-corrected chi connectivity index (χ0v) is 10.6. The zero-order chi connectivity index (χ0) is 13.0. The summed E-state index contributed by atoms with van der Waals surface area (Å²) < 4.78 is 5.14. The number of nitrogen functional groups attached to an aromatic ring is 1. The van der Waals surface area contributed by atoms with Crippen LogP contribution in [0.4, 0.5) is 11.5 Å². The summed E-state index contributed by atoms with van der Waals surface area (Å²) in [7, 11) is 3.68. The predicted octanol–water partition coefficient (Wildman–Crippen LogP) is 2.31. The second-order valence-corrected chi connectivity index (χ2v) is 4.11. The van der Waals surface area contributed by atoms with Crippen LogP contribution in [0.15, 0.2) is 42.5 Å². The second kappa shape index (κ2) is 5.40. The van der Waals surface area contributed by atoms with E-state index in [1.807, 2.05) is 43.4 Å². The number of methoxy groups -OCH3 is 1. The van der Waals surface area contributed by atoms with E-state index in [9.17, 15) is 0 Å². The third-order valence-electron chi connectivity index (χ3n) is 2.74. The van der Waals surface area contributed by atoms with Crippen molar-refractivity contribution in [1.29, 1.82) is 0 Å². The fraction of sp³-hybridized carbons (Fsp3) is 0.214. The van der Waals surface area contributed by atoms with Gasteiger partial charge in [-0.3, -0.25) is 0 Å². The number of aromatic nitrogens is 1. The van der Waals surface area contributed by atoms with Crippen LogP contribution in [-0.2, 0) is 6.54 Å². The molecule has 0 bridgehead atoms. The zero-order valence-electron chi connectivity index (χ0n) is 10.6. The predicted molar refractivity (Wildman–Crippen MR) is 73.8 cm³/mol. The maximum absolute atomic E-state index is 5.66. The molecule has 0 spiro atoms. The van der Waals surface area contributed by atoms with Crippen molar-refractivity contribution in [3.8, 4) is 5.75 Å². The molecule has 4 heteroatoms. The Hall–Kier alpha value is -2.23. The fourth-order valence-electron chi connectivity index (χ4n) is 1.76. The molecule has 1 heterocycles. The summed E-state index contributed by atoms with van der Waals surface area (Å²) in [6, 6.07) is 13.6. The largest absolute Gasteiger partial charge is 0.497 e. The molecule has 2 aromatic rings. The Kier molecular flexibility index (Phi) is 3.67. The SMILES string of the molecule is COc1ccc(N(C)Cc2cccc(N)n2)cc1. The van der Waals surface area contributed by atoms with Crippen LogP contribution in [0.25, 0.3) is 0 Å². The monoisotopic (exact) mass is 243 g/mol. The van der Waals surface area contributed by atoms with Crippen molar-refractivity contribution in [2.75, 3.05) is 24.8 Å². The number of pyridine rings is 1. The highest BCUT2D eigenvalue weighted by Gasteiger charge is 2.03. The first-order valence-corrected chi connectivity index (χ1v) is 5.75. The van der Waals surface area contributed by atoms with Crippen molar-refractivity contribution in [3.05, 3.63) is 48.2 Å². The number of ether oxygens (including phenoxy) is 1. The summed E-state index contributed by atoms with van der Waals surface area (Å²) in [5, 5.41) is 0. The Morgan fingerprint density at radius 1 is 1.17 bits per heavy atom. The molecule has 2 rings (SSSR count). The molecule has 0 aliphatic heterocycles. The van der Waals surface area contributed by atoms with Gasteiger partial charge in [-0.15, -0.1) is 0 Å². The van der Waals surface area contributed by atoms with E-state index < -0.39 is 0 Å². The lowest BCUT2D eigenvalue weighted by Gasteiger charge is -2.19. The first kappa shape index (κ1) is 12.2. The number of hydrogen-bond acceptors (Lipinski definition) is 4. The Morgan fingerprint density at radius 3 is 2.50 bits per heavy atom. The molecule has 0 atom stereocenters. The molecule has 0 saturated carbocycles. The van der Waals surface area contributed by atoms with E-state index in [2.05, 4.69) is 9.88 Å². The van der Waals surface area contributed by atoms with Crippen LogP contribution in [0.1, 0.15) is 5.69 Å². The Morgan fingerprint density at radius 2 is 1.89 bits per heavy atom. The number of hydrogen-bond donors (Lipinski definition) is 1. The van der Waals surface area contributed by atoms with E-state index in [0.717, 1.165) is 23.7 Å². The molecule has 0 unspecified atom stereocenters. The molecule has 4 nitrogen and oxygen atoms in total. The summed E-state index contributed by atoms with van der Waals surface area (Å²) in [5.41, 5.74) is 7.73. The van der Waals surface area contributed by atoms with E-state index in [4.69, 9.17) is 10.5 Å². The van der Waals surface area contributed by atoms with E-state index in [1.165, 1.54) is 0 Å². The average Bonchev–Trinajstić information content (AvgIpc) is 2.39. The summed E-state index contributed by atoms with van der Waals surface area (Å²) >= 11 is 0. The van der Waals surface area contributed by atoms with E-state index in [0.29, 0.717) is 5.82 Å². The van der Waals surface area contributed by atoms with Crippen LogP contribution < -0.4 is 15.4 Å². The van der Waals surface area contributed by atoms with Gasteiger partial charge in [0, 0.05) is 12.7 Å². The molecule has 1 aromatic carbocycles. The first-order valence-electron chi connectivity index (χ1n) is 5.75. The Bertz CT molecular complexity index is 511. The summed E-state index contributed by atoms with van der Waals surface area (Å²) in [4.78, 5) is 6.40. The number of benzene rings is 1. The van der Waals surface area contributed by atoms with Crippen molar-refractivity contribution >= 4 is 11.5 Å². The highest BCUT2D eigenvalue weighted by Crippen LogP contribution is 2.19. The number of nitrogens with two attached hydrogens (primary N) is 1. The minimum atomic E-state index is 0.552. The molecule has 0 radical (unpaired) electrons. The van der Waals surface area contributed by atoms with Gasteiger partial charge < -0.3 is 15.4 Å². The van der Waals surface area contributed by atoms with E-state index in [-0.39, 0.29) is 0 Å². The van der Waals surface area contributed by atoms with E-state index >= 15 is 0 Å². The van der Waals surface area contributed by atoms with Crippen LogP contribution in [0.2, 0.25) is 0 Å². The Balaban J connectivity index is 2.09. The highest BCUT2D eigenvalue weighted by atomic mass is 16.5. The highest BCUT2D eigenvalue weighted by molar-refractivity contribution is 5.48. The lowest BCUT2D eigenvalue weighted by atomic mass is 10.2. The number of anilines is 2. The average molecular weight is 243 g/mol. The fourth-order valence-corrected chi connectivity index (χ4v) is 1.76. The molecular weight excluding hydrogens is 226 g/mol. The minimum Gasteiger partial charge on any atom is -0.497 e. The number of nitrogens with zero attached hydrogens (tertiary/aromatic N) is 2. The van der Waals surface area contributed by atoms with Gasteiger partial charge in [-0.05, 0) is 36.4 Å². The molecular formula is C14H17N3O. The van der Waals surface area contributed by atoms with Crippen LogP contribution in [0.5, 0.6) is 5.75 Å². The third-order valence-corrected chi connectivity index (χ3v) is 2.74. The topological polar surface area (TPSA) is 51.4 Å². The standard InChI is InChI=1S/C14H17N3O/c1-17(10-11-4-3-5-14(15)16-11)12-6-8-13(18-2)9-7-12/h3-9H,10H2,1-2H3,(H2,15,16). The van der Waals surface area contributed by atoms with Gasteiger partial charge in [0.15, 0.2) is 0 Å². The molecule has 2 N–H and O–H groups in total. The molecule has 0 fully saturated rings. The lowest BCUT2D eigenvalue weighted by molar-refractivity contribution is 0.415. The van der Waals surface area contributed by atoms with Crippen molar-refractivity contribution in [1.82, 2.24) is 4.98 Å². The normalized spacial score (nSPS) is 10.1. The summed E-state index contributed by atoms with van der Waals surface area (Å²) in [5.74, 6) is 1.41. The van der Waals surface area contributed by atoms with Gasteiger partial charge in [-0.25, -0.2) is 4.98 Å². The third kappa shape index (κ3) is 2.91.